The van der Waals surface area contributed by atoms with Crippen LogP contribution in [0.25, 0.3) is 0 Å². The predicted octanol–water partition coefficient (Wildman–Crippen LogP) is -3.22. The minimum absolute atomic E-state index is 0.0473. The smallest absolute Gasteiger partial charge is 0.334 e. The van der Waals surface area contributed by atoms with Gasteiger partial charge in [0.05, 0.1) is 6.42 Å². The van der Waals surface area contributed by atoms with Crippen molar-refractivity contribution in [1.82, 2.24) is 0 Å². The molecular formula is C11H20N4O6S. The van der Waals surface area contributed by atoms with Crippen LogP contribution < -0.4 is 22.9 Å². The summed E-state index contributed by atoms with van der Waals surface area (Å²) in [5.41, 5.74) is 21.0. The fraction of sp³-hybridized carbons (Fsp3) is 0.636. The second kappa shape index (κ2) is 9.35. The molecule has 0 spiro atoms. The van der Waals surface area contributed by atoms with Gasteiger partial charge in [-0.1, -0.05) is 0 Å². The van der Waals surface area contributed by atoms with Gasteiger partial charge in [0.1, 0.15) is 24.2 Å². The van der Waals surface area contributed by atoms with E-state index in [1.807, 2.05) is 0 Å². The van der Waals surface area contributed by atoms with Gasteiger partial charge in [0.2, 0.25) is 5.91 Å². The standard InChI is InChI=1S/C11H20N4O6S/c1-4(20-10(18)6(13)3-22)8(15)11(19)21-9(17)5(12)2-7(14)16/h4-6,8,22H,2-3,12-13,15H2,1H3,(H2,14,16)/t4-,5+,6+,8+/m1/s1. The van der Waals surface area contributed by atoms with E-state index in [0.717, 1.165) is 0 Å². The lowest BCUT2D eigenvalue weighted by Gasteiger charge is -2.20. The Balaban J connectivity index is 4.50. The molecule has 126 valence electrons. The Hall–Kier alpha value is -1.69. The molecule has 0 aromatic heterocycles. The molecule has 0 aromatic carbocycles. The Labute approximate surface area is 132 Å². The maximum Gasteiger partial charge on any atom is 0.334 e. The number of hydrogen-bond acceptors (Lipinski definition) is 10. The Morgan fingerprint density at radius 1 is 1.00 bits per heavy atom. The Morgan fingerprint density at radius 3 is 2.00 bits per heavy atom. The number of nitrogens with two attached hydrogens (primary N) is 4. The van der Waals surface area contributed by atoms with Gasteiger partial charge in [-0.25, -0.2) is 9.59 Å². The first kappa shape index (κ1) is 20.3. The van der Waals surface area contributed by atoms with Crippen LogP contribution >= 0.6 is 12.6 Å². The molecule has 1 amide bonds. The summed E-state index contributed by atoms with van der Waals surface area (Å²) in [5, 5.41) is 0. The van der Waals surface area contributed by atoms with Crippen molar-refractivity contribution in [1.29, 1.82) is 0 Å². The van der Waals surface area contributed by atoms with E-state index in [1.165, 1.54) is 6.92 Å². The van der Waals surface area contributed by atoms with Gasteiger partial charge < -0.3 is 32.4 Å². The van der Waals surface area contributed by atoms with Gasteiger partial charge in [-0.2, -0.15) is 12.6 Å². The molecule has 0 heterocycles. The SMILES string of the molecule is C[C@@H](OC(=O)[C@@H](N)CS)[C@H](N)C(=O)OC(=O)[C@@H](N)CC(N)=O. The van der Waals surface area contributed by atoms with Crippen molar-refractivity contribution in [2.75, 3.05) is 5.75 Å². The second-order valence-corrected chi connectivity index (χ2v) is 4.84. The number of carbonyl (C=O) groups is 4. The van der Waals surface area contributed by atoms with E-state index in [4.69, 9.17) is 27.7 Å². The molecule has 0 aliphatic carbocycles. The van der Waals surface area contributed by atoms with Gasteiger partial charge in [-0.3, -0.25) is 9.59 Å². The van der Waals surface area contributed by atoms with E-state index in [0.29, 0.717) is 0 Å². The minimum Gasteiger partial charge on any atom is -0.459 e. The molecule has 0 fully saturated rings. The van der Waals surface area contributed by atoms with Gasteiger partial charge >= 0.3 is 17.9 Å². The number of hydrogen-bond donors (Lipinski definition) is 5. The van der Waals surface area contributed by atoms with Gasteiger partial charge in [0.25, 0.3) is 0 Å². The fourth-order valence-electron chi connectivity index (χ4n) is 1.15. The number of esters is 3. The maximum absolute atomic E-state index is 11.6. The van der Waals surface area contributed by atoms with Crippen LogP contribution in [0.1, 0.15) is 13.3 Å². The van der Waals surface area contributed by atoms with Crippen molar-refractivity contribution in [3.8, 4) is 0 Å². The van der Waals surface area contributed by atoms with Crippen molar-refractivity contribution in [2.24, 2.45) is 22.9 Å². The monoisotopic (exact) mass is 336 g/mol. The van der Waals surface area contributed by atoms with Gasteiger partial charge in [0.15, 0.2) is 0 Å². The van der Waals surface area contributed by atoms with E-state index in [1.54, 1.807) is 0 Å². The molecular weight excluding hydrogens is 316 g/mol. The molecule has 0 rings (SSSR count). The molecule has 0 radical (unpaired) electrons. The zero-order valence-electron chi connectivity index (χ0n) is 11.9. The van der Waals surface area contributed by atoms with Gasteiger partial charge in [-0.15, -0.1) is 0 Å². The lowest BCUT2D eigenvalue weighted by molar-refractivity contribution is -0.165. The largest absolute Gasteiger partial charge is 0.459 e. The number of rotatable bonds is 8. The summed E-state index contributed by atoms with van der Waals surface area (Å²) >= 11 is 3.82. The summed E-state index contributed by atoms with van der Waals surface area (Å²) in [7, 11) is 0. The molecule has 0 unspecified atom stereocenters. The molecule has 0 aromatic rings. The average Bonchev–Trinajstić information content (AvgIpc) is 2.44. The molecule has 0 aliphatic heterocycles. The van der Waals surface area contributed by atoms with E-state index in [2.05, 4.69) is 17.4 Å². The fourth-order valence-corrected chi connectivity index (χ4v) is 1.30. The zero-order valence-corrected chi connectivity index (χ0v) is 12.8. The van der Waals surface area contributed by atoms with Crippen molar-refractivity contribution in [2.45, 2.75) is 37.6 Å². The topological polar surface area (TPSA) is 191 Å². The van der Waals surface area contributed by atoms with Crippen molar-refractivity contribution < 1.29 is 28.7 Å². The quantitative estimate of drug-likeness (QED) is 0.172. The highest BCUT2D eigenvalue weighted by Gasteiger charge is 2.30. The Bertz CT molecular complexity index is 446. The summed E-state index contributed by atoms with van der Waals surface area (Å²) in [4.78, 5) is 45.1. The van der Waals surface area contributed by atoms with Crippen molar-refractivity contribution in [3.05, 3.63) is 0 Å². The zero-order chi connectivity index (χ0) is 17.4. The van der Waals surface area contributed by atoms with E-state index in [-0.39, 0.29) is 5.75 Å². The number of amides is 1. The molecule has 0 bridgehead atoms. The summed E-state index contributed by atoms with van der Waals surface area (Å²) in [6.45, 7) is 1.32. The van der Waals surface area contributed by atoms with E-state index >= 15 is 0 Å². The number of primary amides is 1. The van der Waals surface area contributed by atoms with Crippen LogP contribution in [0.3, 0.4) is 0 Å². The van der Waals surface area contributed by atoms with Crippen LogP contribution in [0.15, 0.2) is 0 Å². The van der Waals surface area contributed by atoms with Crippen LogP contribution in [0.2, 0.25) is 0 Å². The average molecular weight is 336 g/mol. The second-order valence-electron chi connectivity index (χ2n) is 4.47. The Morgan fingerprint density at radius 2 is 1.55 bits per heavy atom. The number of carbonyl (C=O) groups excluding carboxylic acids is 4. The lowest BCUT2D eigenvalue weighted by Crippen LogP contribution is -2.48. The number of ether oxygens (including phenoxy) is 2. The van der Waals surface area contributed by atoms with Crippen LogP contribution in [0, 0.1) is 0 Å². The summed E-state index contributed by atoms with van der Waals surface area (Å²) in [5.74, 6) is -3.91. The molecule has 4 atom stereocenters. The van der Waals surface area contributed by atoms with E-state index in [9.17, 15) is 19.2 Å². The van der Waals surface area contributed by atoms with Gasteiger partial charge in [0, 0.05) is 5.75 Å². The van der Waals surface area contributed by atoms with Crippen LogP contribution in [-0.2, 0) is 28.7 Å². The highest BCUT2D eigenvalue weighted by Crippen LogP contribution is 2.03. The third-order valence-corrected chi connectivity index (χ3v) is 2.90. The minimum atomic E-state index is -1.43. The summed E-state index contributed by atoms with van der Waals surface area (Å²) < 4.78 is 9.23. The van der Waals surface area contributed by atoms with Crippen LogP contribution in [0.4, 0.5) is 0 Å². The van der Waals surface area contributed by atoms with Crippen molar-refractivity contribution in [3.63, 3.8) is 0 Å². The first-order valence-corrected chi connectivity index (χ1v) is 6.85. The lowest BCUT2D eigenvalue weighted by atomic mass is 10.2. The van der Waals surface area contributed by atoms with Crippen LogP contribution in [-0.4, -0.2) is 53.8 Å². The molecule has 22 heavy (non-hydrogen) atoms. The molecule has 11 heteroatoms. The molecule has 8 N–H and O–H groups in total. The normalized spacial score (nSPS) is 16.0. The highest BCUT2D eigenvalue weighted by atomic mass is 32.1. The maximum atomic E-state index is 11.6. The third kappa shape index (κ3) is 6.85. The molecule has 0 saturated heterocycles. The Kier molecular flexibility index (Phi) is 8.63. The molecule has 10 nitrogen and oxygen atoms in total. The van der Waals surface area contributed by atoms with E-state index < -0.39 is 54.5 Å². The van der Waals surface area contributed by atoms with Gasteiger partial charge in [-0.05, 0) is 6.92 Å². The van der Waals surface area contributed by atoms with Crippen LogP contribution in [0.5, 0.6) is 0 Å². The van der Waals surface area contributed by atoms with Crippen molar-refractivity contribution >= 4 is 36.4 Å². The first-order valence-electron chi connectivity index (χ1n) is 6.22. The summed E-state index contributed by atoms with van der Waals surface area (Å²) in [6, 6.07) is -3.79. The number of thiol groups is 1. The molecule has 0 saturated carbocycles. The highest BCUT2D eigenvalue weighted by molar-refractivity contribution is 7.80. The third-order valence-electron chi connectivity index (χ3n) is 2.50. The molecule has 0 aliphatic rings. The summed E-state index contributed by atoms with van der Waals surface area (Å²) in [6.07, 6.45) is -1.58. The first-order chi connectivity index (χ1) is 10.1. The predicted molar refractivity (Wildman–Crippen MR) is 78.2 cm³/mol.